The van der Waals surface area contributed by atoms with Gasteiger partial charge in [0.25, 0.3) is 0 Å². The van der Waals surface area contributed by atoms with Crippen LogP contribution in [0.25, 0.3) is 0 Å². The number of carbonyl (C=O) groups is 2. The summed E-state index contributed by atoms with van der Waals surface area (Å²) in [6, 6.07) is 15.6. The van der Waals surface area contributed by atoms with Gasteiger partial charge in [-0.15, -0.1) is 0 Å². The molecule has 0 aromatic heterocycles. The second-order valence-corrected chi connectivity index (χ2v) is 14.3. The SMILES string of the molecule is CCCC(CCC(/N=C(\C)c1ccc(OC(C)C)cc1)N(C=O)C(CCC(C)(C)C)c1ccc(C=O)cc1)C(C)(C)C. The summed E-state index contributed by atoms with van der Waals surface area (Å²) in [6.45, 7) is 22.0. The Kier molecular flexibility index (Phi) is 13.5. The zero-order chi connectivity index (χ0) is 31.5. The number of nitrogens with zero attached hydrogens (tertiary/aromatic N) is 2. The summed E-state index contributed by atoms with van der Waals surface area (Å²) in [6.07, 6.45) is 7.47. The van der Waals surface area contributed by atoms with Crippen LogP contribution in [0.3, 0.4) is 0 Å². The van der Waals surface area contributed by atoms with Crippen LogP contribution in [0, 0.1) is 16.7 Å². The van der Waals surface area contributed by atoms with Crippen LogP contribution in [0.5, 0.6) is 5.75 Å². The molecule has 0 bridgehead atoms. The Hall–Kier alpha value is -2.95. The van der Waals surface area contributed by atoms with Gasteiger partial charge in [0.2, 0.25) is 6.41 Å². The van der Waals surface area contributed by atoms with Crippen LogP contribution in [0.15, 0.2) is 53.5 Å². The van der Waals surface area contributed by atoms with Crippen molar-refractivity contribution in [3.05, 3.63) is 65.2 Å². The number of aliphatic imine (C=N–C) groups is 1. The first-order valence-corrected chi connectivity index (χ1v) is 15.8. The Morgan fingerprint density at radius 2 is 1.50 bits per heavy atom. The van der Waals surface area contributed by atoms with Gasteiger partial charge in [0.15, 0.2) is 0 Å². The van der Waals surface area contributed by atoms with Gasteiger partial charge in [-0.1, -0.05) is 85.6 Å². The van der Waals surface area contributed by atoms with Crippen LogP contribution in [-0.4, -0.2) is 35.6 Å². The molecular formula is C37H56N2O3. The second-order valence-electron chi connectivity index (χ2n) is 14.3. The third kappa shape index (κ3) is 11.4. The first-order chi connectivity index (χ1) is 19.7. The molecule has 0 saturated heterocycles. The van der Waals surface area contributed by atoms with Crippen molar-refractivity contribution in [1.29, 1.82) is 0 Å². The number of rotatable bonds is 16. The molecule has 1 amide bonds. The Balaban J connectivity index is 2.55. The van der Waals surface area contributed by atoms with E-state index in [4.69, 9.17) is 9.73 Å². The number of hydrogen-bond donors (Lipinski definition) is 0. The molecule has 5 heteroatoms. The van der Waals surface area contributed by atoms with E-state index < -0.39 is 0 Å². The summed E-state index contributed by atoms with van der Waals surface area (Å²) in [4.78, 5) is 31.6. The minimum atomic E-state index is -0.313. The molecule has 0 radical (unpaired) electrons. The Bertz CT molecular complexity index is 1120. The highest BCUT2D eigenvalue weighted by molar-refractivity contribution is 5.98. The van der Waals surface area contributed by atoms with Gasteiger partial charge >= 0.3 is 0 Å². The van der Waals surface area contributed by atoms with Crippen molar-refractivity contribution in [2.24, 2.45) is 21.7 Å². The third-order valence-electron chi connectivity index (χ3n) is 8.07. The summed E-state index contributed by atoms with van der Waals surface area (Å²) in [5, 5.41) is 0. The number of aldehydes is 1. The number of benzene rings is 2. The molecule has 232 valence electrons. The Morgan fingerprint density at radius 3 is 1.98 bits per heavy atom. The van der Waals surface area contributed by atoms with Crippen molar-refractivity contribution in [3.8, 4) is 5.75 Å². The fourth-order valence-corrected chi connectivity index (χ4v) is 5.54. The quantitative estimate of drug-likeness (QED) is 0.148. The molecule has 0 N–H and O–H groups in total. The first kappa shape index (κ1) is 35.2. The minimum absolute atomic E-state index is 0.112. The van der Waals surface area contributed by atoms with Crippen LogP contribution in [0.2, 0.25) is 0 Å². The van der Waals surface area contributed by atoms with Gasteiger partial charge in [-0.3, -0.25) is 14.6 Å². The molecule has 42 heavy (non-hydrogen) atoms. The lowest BCUT2D eigenvalue weighted by Crippen LogP contribution is -2.38. The van der Waals surface area contributed by atoms with Crippen molar-refractivity contribution < 1.29 is 14.3 Å². The number of hydrogen-bond acceptors (Lipinski definition) is 4. The Labute approximate surface area is 256 Å². The van der Waals surface area contributed by atoms with Crippen molar-refractivity contribution >= 4 is 18.4 Å². The average molecular weight is 577 g/mol. The molecule has 3 atom stereocenters. The molecule has 0 aliphatic rings. The molecule has 3 unspecified atom stereocenters. The van der Waals surface area contributed by atoms with Crippen LogP contribution < -0.4 is 4.74 Å². The van der Waals surface area contributed by atoms with Gasteiger partial charge in [0.05, 0.1) is 12.1 Å². The van der Waals surface area contributed by atoms with E-state index in [2.05, 4.69) is 48.5 Å². The molecule has 0 spiro atoms. The van der Waals surface area contributed by atoms with E-state index in [-0.39, 0.29) is 29.1 Å². The smallest absolute Gasteiger partial charge is 0.211 e. The van der Waals surface area contributed by atoms with E-state index in [0.717, 1.165) is 73.8 Å². The maximum absolute atomic E-state index is 13.0. The van der Waals surface area contributed by atoms with Crippen LogP contribution >= 0.6 is 0 Å². The summed E-state index contributed by atoms with van der Waals surface area (Å²) in [7, 11) is 0. The van der Waals surface area contributed by atoms with Crippen molar-refractivity contribution in [2.45, 2.75) is 126 Å². The highest BCUT2D eigenvalue weighted by Crippen LogP contribution is 2.37. The van der Waals surface area contributed by atoms with Crippen LogP contribution in [0.4, 0.5) is 0 Å². The van der Waals surface area contributed by atoms with Gasteiger partial charge in [-0.25, -0.2) is 0 Å². The average Bonchev–Trinajstić information content (AvgIpc) is 2.91. The van der Waals surface area contributed by atoms with Crippen LogP contribution in [0.1, 0.15) is 135 Å². The van der Waals surface area contributed by atoms with Gasteiger partial charge in [0.1, 0.15) is 18.2 Å². The van der Waals surface area contributed by atoms with Gasteiger partial charge in [-0.05, 0) is 98.6 Å². The fraction of sp³-hybridized carbons (Fsp3) is 0.595. The summed E-state index contributed by atoms with van der Waals surface area (Å²) < 4.78 is 5.84. The predicted octanol–water partition coefficient (Wildman–Crippen LogP) is 9.69. The standard InChI is InChI=1S/C37H56N2O3/c1-11-12-32(37(8,9)10)19-22-35(38-28(4)30-17-20-33(21-18-30)42-27(2)3)39(26-41)34(23-24-36(5,6)7)31-15-13-29(25-40)14-16-31/h13-18,20-21,25-27,32,34-35H,11-12,19,22-24H2,1-10H3/b38-28+. The van der Waals surface area contributed by atoms with E-state index in [1.807, 2.05) is 74.2 Å². The number of amides is 1. The monoisotopic (exact) mass is 576 g/mol. The van der Waals surface area contributed by atoms with E-state index in [0.29, 0.717) is 11.5 Å². The normalized spacial score (nSPS) is 14.8. The molecule has 0 aliphatic heterocycles. The highest BCUT2D eigenvalue weighted by atomic mass is 16.5. The maximum Gasteiger partial charge on any atom is 0.211 e. The van der Waals surface area contributed by atoms with Crippen molar-refractivity contribution in [2.75, 3.05) is 0 Å². The highest BCUT2D eigenvalue weighted by Gasteiger charge is 2.30. The van der Waals surface area contributed by atoms with Gasteiger partial charge in [0, 0.05) is 11.3 Å². The van der Waals surface area contributed by atoms with Crippen LogP contribution in [-0.2, 0) is 4.79 Å². The zero-order valence-electron chi connectivity index (χ0n) is 27.9. The van der Waals surface area contributed by atoms with E-state index in [1.54, 1.807) is 0 Å². The first-order valence-electron chi connectivity index (χ1n) is 15.8. The molecule has 2 rings (SSSR count). The molecule has 0 heterocycles. The lowest BCUT2D eigenvalue weighted by atomic mass is 9.75. The third-order valence-corrected chi connectivity index (χ3v) is 8.07. The van der Waals surface area contributed by atoms with E-state index in [1.165, 1.54) is 0 Å². The Morgan fingerprint density at radius 1 is 0.881 bits per heavy atom. The lowest BCUT2D eigenvalue weighted by Gasteiger charge is -2.37. The molecule has 0 aliphatic carbocycles. The maximum atomic E-state index is 13.0. The van der Waals surface area contributed by atoms with Crippen molar-refractivity contribution in [3.63, 3.8) is 0 Å². The molecule has 0 saturated carbocycles. The molecule has 2 aromatic rings. The number of ether oxygens (including phenoxy) is 1. The largest absolute Gasteiger partial charge is 0.491 e. The van der Waals surface area contributed by atoms with E-state index >= 15 is 0 Å². The minimum Gasteiger partial charge on any atom is -0.491 e. The molecular weight excluding hydrogens is 520 g/mol. The zero-order valence-corrected chi connectivity index (χ0v) is 27.9. The van der Waals surface area contributed by atoms with Gasteiger partial charge < -0.3 is 9.64 Å². The second kappa shape index (κ2) is 16.0. The molecule has 5 nitrogen and oxygen atoms in total. The summed E-state index contributed by atoms with van der Waals surface area (Å²) in [5.41, 5.74) is 3.87. The number of carbonyl (C=O) groups excluding carboxylic acids is 2. The fourth-order valence-electron chi connectivity index (χ4n) is 5.54. The van der Waals surface area contributed by atoms with Crippen molar-refractivity contribution in [1.82, 2.24) is 4.90 Å². The predicted molar refractivity (Wildman–Crippen MR) is 176 cm³/mol. The molecule has 2 aromatic carbocycles. The van der Waals surface area contributed by atoms with Gasteiger partial charge in [-0.2, -0.15) is 0 Å². The lowest BCUT2D eigenvalue weighted by molar-refractivity contribution is -0.123. The van der Waals surface area contributed by atoms with E-state index in [9.17, 15) is 9.59 Å². The molecule has 0 fully saturated rings. The summed E-state index contributed by atoms with van der Waals surface area (Å²) in [5.74, 6) is 1.36. The summed E-state index contributed by atoms with van der Waals surface area (Å²) >= 11 is 0. The topological polar surface area (TPSA) is 59.0 Å².